The Labute approximate surface area is 142 Å². The second kappa shape index (κ2) is 8.29. The molecule has 6 heteroatoms. The van der Waals surface area contributed by atoms with Gasteiger partial charge in [-0.2, -0.15) is 4.98 Å². The Bertz CT molecular complexity index is 699. The zero-order chi connectivity index (χ0) is 17.5. The van der Waals surface area contributed by atoms with Crippen molar-refractivity contribution in [1.82, 2.24) is 9.97 Å². The maximum atomic E-state index is 12.1. The van der Waals surface area contributed by atoms with Gasteiger partial charge in [-0.1, -0.05) is 12.1 Å². The maximum Gasteiger partial charge on any atom is 0.340 e. The fraction of sp³-hybridized carbons (Fsp3) is 0.389. The predicted octanol–water partition coefficient (Wildman–Crippen LogP) is 3.55. The van der Waals surface area contributed by atoms with Gasteiger partial charge < -0.3 is 15.0 Å². The van der Waals surface area contributed by atoms with Crippen LogP contribution in [0.3, 0.4) is 0 Å². The molecule has 24 heavy (non-hydrogen) atoms. The monoisotopic (exact) mass is 328 g/mol. The van der Waals surface area contributed by atoms with Crippen LogP contribution in [0.4, 0.5) is 17.5 Å². The minimum atomic E-state index is -0.352. The summed E-state index contributed by atoms with van der Waals surface area (Å²) in [6, 6.07) is 9.10. The Morgan fingerprint density at radius 3 is 2.54 bits per heavy atom. The number of nitrogens with zero attached hydrogens (tertiary/aromatic N) is 3. The Morgan fingerprint density at radius 2 is 1.88 bits per heavy atom. The van der Waals surface area contributed by atoms with E-state index in [0.717, 1.165) is 18.8 Å². The lowest BCUT2D eigenvalue weighted by Crippen LogP contribution is -2.24. The van der Waals surface area contributed by atoms with E-state index in [0.29, 0.717) is 29.6 Å². The summed E-state index contributed by atoms with van der Waals surface area (Å²) >= 11 is 0. The van der Waals surface area contributed by atoms with E-state index >= 15 is 0 Å². The lowest BCUT2D eigenvalue weighted by molar-refractivity contribution is 0.0527. The normalized spacial score (nSPS) is 10.3. The van der Waals surface area contributed by atoms with E-state index in [4.69, 9.17) is 4.74 Å². The fourth-order valence-electron chi connectivity index (χ4n) is 2.38. The molecular weight excluding hydrogens is 304 g/mol. The van der Waals surface area contributed by atoms with E-state index in [2.05, 4.69) is 34.0 Å². The van der Waals surface area contributed by atoms with Crippen molar-refractivity contribution in [1.29, 1.82) is 0 Å². The standard InChI is InChI=1S/C18H24N4O2/c1-5-22(6-2)18-19-13(4)12-16(21-18)20-15-11-9-8-10-14(15)17(23)24-7-3/h8-12H,5-7H2,1-4H3,(H,19,20,21). The molecule has 0 atom stereocenters. The highest BCUT2D eigenvalue weighted by atomic mass is 16.5. The minimum absolute atomic E-state index is 0.339. The SMILES string of the molecule is CCOC(=O)c1ccccc1Nc1cc(C)nc(N(CC)CC)n1. The molecule has 128 valence electrons. The van der Waals surface area contributed by atoms with E-state index in [1.165, 1.54) is 0 Å². The third kappa shape index (κ3) is 4.22. The van der Waals surface area contributed by atoms with Gasteiger partial charge in [0.1, 0.15) is 5.82 Å². The molecule has 1 heterocycles. The number of hydrogen-bond acceptors (Lipinski definition) is 6. The average Bonchev–Trinajstić information content (AvgIpc) is 2.56. The molecular formula is C18H24N4O2. The van der Waals surface area contributed by atoms with Crippen LogP contribution in [0.15, 0.2) is 30.3 Å². The Morgan fingerprint density at radius 1 is 1.17 bits per heavy atom. The molecule has 2 rings (SSSR count). The van der Waals surface area contributed by atoms with E-state index in [-0.39, 0.29) is 5.97 Å². The van der Waals surface area contributed by atoms with Crippen molar-refractivity contribution in [2.75, 3.05) is 29.9 Å². The topological polar surface area (TPSA) is 67.3 Å². The van der Waals surface area contributed by atoms with Crippen LogP contribution in [0, 0.1) is 6.92 Å². The highest BCUT2D eigenvalue weighted by Gasteiger charge is 2.14. The quantitative estimate of drug-likeness (QED) is 0.784. The van der Waals surface area contributed by atoms with Crippen LogP contribution < -0.4 is 10.2 Å². The first-order valence-electron chi connectivity index (χ1n) is 8.22. The molecule has 0 amide bonds. The van der Waals surface area contributed by atoms with Gasteiger partial charge in [0, 0.05) is 24.8 Å². The number of esters is 1. The van der Waals surface area contributed by atoms with E-state index in [1.54, 1.807) is 13.0 Å². The molecule has 0 aliphatic heterocycles. The first-order chi connectivity index (χ1) is 11.6. The van der Waals surface area contributed by atoms with Gasteiger partial charge in [-0.15, -0.1) is 0 Å². The number of carbonyl (C=O) groups excluding carboxylic acids is 1. The molecule has 0 fully saturated rings. The third-order valence-corrected chi connectivity index (χ3v) is 3.57. The van der Waals surface area contributed by atoms with Crippen LogP contribution in [0.1, 0.15) is 36.8 Å². The van der Waals surface area contributed by atoms with Gasteiger partial charge in [-0.3, -0.25) is 0 Å². The van der Waals surface area contributed by atoms with Crippen molar-refractivity contribution in [2.45, 2.75) is 27.7 Å². The lowest BCUT2D eigenvalue weighted by Gasteiger charge is -2.20. The lowest BCUT2D eigenvalue weighted by atomic mass is 10.2. The van der Waals surface area contributed by atoms with Crippen LogP contribution in [0.25, 0.3) is 0 Å². The molecule has 0 saturated carbocycles. The third-order valence-electron chi connectivity index (χ3n) is 3.57. The zero-order valence-electron chi connectivity index (χ0n) is 14.7. The molecule has 0 bridgehead atoms. The smallest absolute Gasteiger partial charge is 0.340 e. The first kappa shape index (κ1) is 17.7. The average molecular weight is 328 g/mol. The largest absolute Gasteiger partial charge is 0.462 e. The predicted molar refractivity (Wildman–Crippen MR) is 96.0 cm³/mol. The molecule has 1 aromatic carbocycles. The van der Waals surface area contributed by atoms with Gasteiger partial charge >= 0.3 is 5.97 Å². The van der Waals surface area contributed by atoms with Crippen molar-refractivity contribution in [2.24, 2.45) is 0 Å². The highest BCUT2D eigenvalue weighted by molar-refractivity contribution is 5.96. The molecule has 0 unspecified atom stereocenters. The Balaban J connectivity index is 2.33. The maximum absolute atomic E-state index is 12.1. The molecule has 0 aliphatic carbocycles. The number of carbonyl (C=O) groups is 1. The number of aryl methyl sites for hydroxylation is 1. The van der Waals surface area contributed by atoms with Crippen LogP contribution in [-0.4, -0.2) is 35.6 Å². The number of benzene rings is 1. The fourth-order valence-corrected chi connectivity index (χ4v) is 2.38. The number of ether oxygens (including phenoxy) is 1. The van der Waals surface area contributed by atoms with Crippen LogP contribution in [-0.2, 0) is 4.74 Å². The van der Waals surface area contributed by atoms with Crippen LogP contribution >= 0.6 is 0 Å². The van der Waals surface area contributed by atoms with Crippen molar-refractivity contribution in [3.63, 3.8) is 0 Å². The number of nitrogens with one attached hydrogen (secondary N) is 1. The van der Waals surface area contributed by atoms with Gasteiger partial charge in [0.15, 0.2) is 0 Å². The summed E-state index contributed by atoms with van der Waals surface area (Å²) in [7, 11) is 0. The summed E-state index contributed by atoms with van der Waals surface area (Å²) in [6.45, 7) is 9.86. The van der Waals surface area contributed by atoms with Gasteiger partial charge in [0.05, 0.1) is 17.9 Å². The van der Waals surface area contributed by atoms with Crippen LogP contribution in [0.5, 0.6) is 0 Å². The van der Waals surface area contributed by atoms with Crippen molar-refractivity contribution < 1.29 is 9.53 Å². The summed E-state index contributed by atoms with van der Waals surface area (Å²) in [5.41, 5.74) is 2.02. The van der Waals surface area contributed by atoms with Gasteiger partial charge in [0.25, 0.3) is 0 Å². The molecule has 0 spiro atoms. The van der Waals surface area contributed by atoms with Crippen molar-refractivity contribution in [3.05, 3.63) is 41.6 Å². The second-order valence-electron chi connectivity index (χ2n) is 5.26. The summed E-state index contributed by atoms with van der Waals surface area (Å²) in [4.78, 5) is 23.2. The number of para-hydroxylation sites is 1. The second-order valence-corrected chi connectivity index (χ2v) is 5.26. The van der Waals surface area contributed by atoms with Gasteiger partial charge in [0.2, 0.25) is 5.95 Å². The van der Waals surface area contributed by atoms with Crippen molar-refractivity contribution in [3.8, 4) is 0 Å². The number of anilines is 3. The Kier molecular flexibility index (Phi) is 6.12. The van der Waals surface area contributed by atoms with E-state index in [9.17, 15) is 4.79 Å². The molecule has 1 aromatic heterocycles. The molecule has 0 radical (unpaired) electrons. The first-order valence-corrected chi connectivity index (χ1v) is 8.22. The summed E-state index contributed by atoms with van der Waals surface area (Å²) in [6.07, 6.45) is 0. The van der Waals surface area contributed by atoms with E-state index < -0.39 is 0 Å². The minimum Gasteiger partial charge on any atom is -0.462 e. The van der Waals surface area contributed by atoms with E-state index in [1.807, 2.05) is 31.2 Å². The number of hydrogen-bond donors (Lipinski definition) is 1. The highest BCUT2D eigenvalue weighted by Crippen LogP contribution is 2.22. The van der Waals surface area contributed by atoms with Crippen LogP contribution in [0.2, 0.25) is 0 Å². The summed E-state index contributed by atoms with van der Waals surface area (Å²) < 4.78 is 5.11. The molecule has 0 aliphatic rings. The van der Waals surface area contributed by atoms with Crippen molar-refractivity contribution >= 4 is 23.4 Å². The van der Waals surface area contributed by atoms with Gasteiger partial charge in [-0.25, -0.2) is 9.78 Å². The van der Waals surface area contributed by atoms with Gasteiger partial charge in [-0.05, 0) is 39.8 Å². The molecule has 2 aromatic rings. The number of rotatable bonds is 7. The Hall–Kier alpha value is -2.63. The zero-order valence-corrected chi connectivity index (χ0v) is 14.7. The molecule has 1 N–H and O–H groups in total. The number of aromatic nitrogens is 2. The summed E-state index contributed by atoms with van der Waals surface area (Å²) in [5, 5.41) is 3.22. The molecule has 0 saturated heterocycles. The summed E-state index contributed by atoms with van der Waals surface area (Å²) in [5.74, 6) is 0.979. The molecule has 6 nitrogen and oxygen atoms in total.